The van der Waals surface area contributed by atoms with Gasteiger partial charge in [-0.2, -0.15) is 8.78 Å². The number of alkyl halides is 2. The fraction of sp³-hybridized carbons (Fsp3) is 0.423. The van der Waals surface area contributed by atoms with Crippen LogP contribution in [0.5, 0.6) is 11.5 Å². The van der Waals surface area contributed by atoms with Crippen LogP contribution < -0.4 is 20.1 Å². The second kappa shape index (κ2) is 10.5. The van der Waals surface area contributed by atoms with Crippen LogP contribution in [0.3, 0.4) is 0 Å². The molecule has 0 bridgehead atoms. The van der Waals surface area contributed by atoms with E-state index in [0.717, 1.165) is 31.5 Å². The standard InChI is InChI=1S/C26H29F2N3O4/c1-17-5-7-21(18(14-17)4-3-11-31-12-9-19(32)10-13-31)30-25(33)24-16-29-22-15-20(35-26(2,27)28)6-8-23(22)34-24/h5-8,14-15,19,24,29,32H,9-13,16H2,1-2H3,(H,30,33). The van der Waals surface area contributed by atoms with Gasteiger partial charge >= 0.3 is 6.11 Å². The SMILES string of the molecule is Cc1ccc(NC(=O)C2CNc3cc(OC(C)(F)F)ccc3O2)c(C#CCN2CCC(O)CC2)c1. The summed E-state index contributed by atoms with van der Waals surface area (Å²) < 4.78 is 36.6. The van der Waals surface area contributed by atoms with Crippen LogP contribution in [-0.2, 0) is 4.79 Å². The molecular formula is C26H29F2N3O4. The Morgan fingerprint density at radius 2 is 2.06 bits per heavy atom. The lowest BCUT2D eigenvalue weighted by Crippen LogP contribution is -2.41. The number of aliphatic hydroxyl groups excluding tert-OH is 1. The van der Waals surface area contributed by atoms with Gasteiger partial charge in [-0.05, 0) is 49.6 Å². The Bertz CT molecular complexity index is 1130. The number of rotatable bonds is 5. The van der Waals surface area contributed by atoms with Crippen LogP contribution in [0.1, 0.15) is 30.9 Å². The third-order valence-electron chi connectivity index (χ3n) is 5.80. The summed E-state index contributed by atoms with van der Waals surface area (Å²) in [5.74, 6) is 6.36. The van der Waals surface area contributed by atoms with E-state index in [1.165, 1.54) is 18.2 Å². The molecule has 1 amide bonds. The van der Waals surface area contributed by atoms with Crippen molar-refractivity contribution in [2.24, 2.45) is 0 Å². The summed E-state index contributed by atoms with van der Waals surface area (Å²) in [6.45, 7) is 5.01. The summed E-state index contributed by atoms with van der Waals surface area (Å²) >= 11 is 0. The Hall–Kier alpha value is -3.35. The number of piperidine rings is 1. The quantitative estimate of drug-likeness (QED) is 0.562. The van der Waals surface area contributed by atoms with Crippen LogP contribution in [-0.4, -0.2) is 60.4 Å². The first kappa shape index (κ1) is 24.8. The number of benzene rings is 2. The van der Waals surface area contributed by atoms with E-state index in [9.17, 15) is 18.7 Å². The van der Waals surface area contributed by atoms with Crippen molar-refractivity contribution in [3.05, 3.63) is 47.5 Å². The molecule has 4 rings (SSSR count). The monoisotopic (exact) mass is 485 g/mol. The third kappa shape index (κ3) is 6.84. The van der Waals surface area contributed by atoms with E-state index in [1.54, 1.807) is 0 Å². The number of hydrogen-bond donors (Lipinski definition) is 3. The number of aliphatic hydroxyl groups is 1. The largest absolute Gasteiger partial charge is 0.477 e. The Balaban J connectivity index is 1.40. The number of aryl methyl sites for hydroxylation is 1. The third-order valence-corrected chi connectivity index (χ3v) is 5.80. The van der Waals surface area contributed by atoms with Gasteiger partial charge in [-0.3, -0.25) is 9.69 Å². The van der Waals surface area contributed by atoms with Crippen LogP contribution in [0.15, 0.2) is 36.4 Å². The van der Waals surface area contributed by atoms with Crippen LogP contribution >= 0.6 is 0 Å². The van der Waals surface area contributed by atoms with Gasteiger partial charge < -0.3 is 25.2 Å². The van der Waals surface area contributed by atoms with E-state index < -0.39 is 12.2 Å². The summed E-state index contributed by atoms with van der Waals surface area (Å²) in [6.07, 6.45) is -2.82. The van der Waals surface area contributed by atoms with Crippen molar-refractivity contribution >= 4 is 17.3 Å². The number of hydrogen-bond acceptors (Lipinski definition) is 6. The Morgan fingerprint density at radius 1 is 1.29 bits per heavy atom. The molecule has 9 heteroatoms. The van der Waals surface area contributed by atoms with Gasteiger partial charge in [0.25, 0.3) is 5.91 Å². The summed E-state index contributed by atoms with van der Waals surface area (Å²) in [5, 5.41) is 15.6. The van der Waals surface area contributed by atoms with Crippen molar-refractivity contribution in [2.75, 3.05) is 36.8 Å². The van der Waals surface area contributed by atoms with Gasteiger partial charge in [-0.1, -0.05) is 17.9 Å². The van der Waals surface area contributed by atoms with Gasteiger partial charge in [0.1, 0.15) is 11.5 Å². The number of nitrogens with zero attached hydrogens (tertiary/aromatic N) is 1. The van der Waals surface area contributed by atoms with Gasteiger partial charge in [0, 0.05) is 31.6 Å². The van der Waals surface area contributed by atoms with Crippen molar-refractivity contribution in [1.29, 1.82) is 0 Å². The molecule has 2 aromatic carbocycles. The number of nitrogens with one attached hydrogen (secondary N) is 2. The maximum absolute atomic E-state index is 13.1. The van der Waals surface area contributed by atoms with E-state index in [1.807, 2.05) is 25.1 Å². The predicted octanol–water partition coefficient (Wildman–Crippen LogP) is 3.61. The molecule has 1 fully saturated rings. The van der Waals surface area contributed by atoms with E-state index in [2.05, 4.69) is 32.1 Å². The van der Waals surface area contributed by atoms with Crippen LogP contribution in [0.2, 0.25) is 0 Å². The number of fused-ring (bicyclic) bond motifs is 1. The van der Waals surface area contributed by atoms with Crippen molar-refractivity contribution in [3.8, 4) is 23.3 Å². The Kier molecular flexibility index (Phi) is 7.43. The number of likely N-dealkylation sites (tertiary alicyclic amines) is 1. The van der Waals surface area contributed by atoms with E-state index in [-0.39, 0.29) is 24.3 Å². The maximum Gasteiger partial charge on any atom is 0.394 e. The smallest absolute Gasteiger partial charge is 0.394 e. The number of amides is 1. The van der Waals surface area contributed by atoms with E-state index in [0.29, 0.717) is 36.2 Å². The fourth-order valence-electron chi connectivity index (χ4n) is 3.97. The molecule has 0 radical (unpaired) electrons. The highest BCUT2D eigenvalue weighted by molar-refractivity contribution is 5.96. The molecule has 35 heavy (non-hydrogen) atoms. The van der Waals surface area contributed by atoms with Crippen LogP contribution in [0, 0.1) is 18.8 Å². The minimum Gasteiger partial charge on any atom is -0.477 e. The first-order valence-corrected chi connectivity index (χ1v) is 11.6. The zero-order chi connectivity index (χ0) is 25.0. The zero-order valence-electron chi connectivity index (χ0n) is 19.7. The van der Waals surface area contributed by atoms with Gasteiger partial charge in [0.2, 0.25) is 0 Å². The molecular weight excluding hydrogens is 456 g/mol. The summed E-state index contributed by atoms with van der Waals surface area (Å²) in [4.78, 5) is 15.1. The highest BCUT2D eigenvalue weighted by Crippen LogP contribution is 2.34. The number of halogens is 2. The van der Waals surface area contributed by atoms with Gasteiger partial charge in [0.05, 0.1) is 30.6 Å². The number of anilines is 2. The molecule has 2 heterocycles. The van der Waals surface area contributed by atoms with Crippen molar-refractivity contribution < 1.29 is 28.2 Å². The van der Waals surface area contributed by atoms with Crippen molar-refractivity contribution in [1.82, 2.24) is 4.90 Å². The lowest BCUT2D eigenvalue weighted by molar-refractivity contribution is -0.158. The second-order valence-electron chi connectivity index (χ2n) is 8.90. The highest BCUT2D eigenvalue weighted by atomic mass is 19.3. The number of ether oxygens (including phenoxy) is 2. The molecule has 0 aromatic heterocycles. The van der Waals surface area contributed by atoms with Gasteiger partial charge in [-0.15, -0.1) is 0 Å². The van der Waals surface area contributed by atoms with E-state index >= 15 is 0 Å². The van der Waals surface area contributed by atoms with Gasteiger partial charge in [-0.25, -0.2) is 0 Å². The molecule has 3 N–H and O–H groups in total. The normalized spacial score (nSPS) is 18.4. The molecule has 1 saturated heterocycles. The summed E-state index contributed by atoms with van der Waals surface area (Å²) in [6, 6.07) is 9.90. The van der Waals surface area contributed by atoms with E-state index in [4.69, 9.17) is 4.74 Å². The van der Waals surface area contributed by atoms with Crippen LogP contribution in [0.4, 0.5) is 20.2 Å². The Labute approximate surface area is 203 Å². The second-order valence-corrected chi connectivity index (χ2v) is 8.90. The fourth-order valence-corrected chi connectivity index (χ4v) is 3.97. The molecule has 0 saturated carbocycles. The zero-order valence-corrected chi connectivity index (χ0v) is 19.7. The van der Waals surface area contributed by atoms with Gasteiger partial charge in [0.15, 0.2) is 6.10 Å². The molecule has 2 aliphatic rings. The highest BCUT2D eigenvalue weighted by Gasteiger charge is 2.28. The molecule has 186 valence electrons. The molecule has 0 aliphatic carbocycles. The first-order chi connectivity index (χ1) is 16.7. The van der Waals surface area contributed by atoms with Crippen molar-refractivity contribution in [3.63, 3.8) is 0 Å². The van der Waals surface area contributed by atoms with Crippen LogP contribution in [0.25, 0.3) is 0 Å². The maximum atomic E-state index is 13.1. The molecule has 1 atom stereocenters. The molecule has 2 aliphatic heterocycles. The topological polar surface area (TPSA) is 83.1 Å². The lowest BCUT2D eigenvalue weighted by Gasteiger charge is -2.27. The molecule has 7 nitrogen and oxygen atoms in total. The minimum atomic E-state index is -3.29. The average molecular weight is 486 g/mol. The average Bonchev–Trinajstić information content (AvgIpc) is 2.80. The first-order valence-electron chi connectivity index (χ1n) is 11.6. The summed E-state index contributed by atoms with van der Waals surface area (Å²) in [7, 11) is 0. The Morgan fingerprint density at radius 3 is 2.80 bits per heavy atom. The molecule has 0 spiro atoms. The predicted molar refractivity (Wildman–Crippen MR) is 129 cm³/mol. The molecule has 1 unspecified atom stereocenters. The minimum absolute atomic E-state index is 0.00106. The number of carbonyl (C=O) groups is 1. The molecule has 2 aromatic rings. The van der Waals surface area contributed by atoms with Crippen molar-refractivity contribution in [2.45, 2.75) is 45.0 Å². The summed E-state index contributed by atoms with van der Waals surface area (Å²) in [5.41, 5.74) is 2.80. The lowest BCUT2D eigenvalue weighted by atomic mass is 10.1. The number of carbonyl (C=O) groups excluding carboxylic acids is 1.